The summed E-state index contributed by atoms with van der Waals surface area (Å²) in [6, 6.07) is 1.71. The molecule has 1 aliphatic rings. The van der Waals surface area contributed by atoms with Crippen LogP contribution in [-0.2, 0) is 20.8 Å². The number of nitrogens with zero attached hydrogens (tertiary/aromatic N) is 2. The van der Waals surface area contributed by atoms with Crippen LogP contribution >= 0.6 is 0 Å². The van der Waals surface area contributed by atoms with Crippen molar-refractivity contribution in [3.8, 4) is 0 Å². The third-order valence-electron chi connectivity index (χ3n) is 3.30. The second-order valence-corrected chi connectivity index (χ2v) is 7.23. The average molecular weight is 352 g/mol. The number of alkyl halides is 3. The second kappa shape index (κ2) is 6.34. The highest BCUT2D eigenvalue weighted by atomic mass is 32.2. The quantitative estimate of drug-likeness (QED) is 0.768. The maximum atomic E-state index is 12.8. The SMILES string of the molecule is CCOC(=O)c1ccc(C(F)(F)F)nc1N1CCS(=O)(=O)CC1. The summed E-state index contributed by atoms with van der Waals surface area (Å²) in [4.78, 5) is 16.8. The number of pyridine rings is 1. The highest BCUT2D eigenvalue weighted by Crippen LogP contribution is 2.31. The molecule has 128 valence electrons. The molecule has 1 aromatic heterocycles. The molecule has 0 unspecified atom stereocenters. The minimum absolute atomic E-state index is 0.0248. The Morgan fingerprint density at radius 2 is 1.91 bits per heavy atom. The summed E-state index contributed by atoms with van der Waals surface area (Å²) in [6.07, 6.45) is -4.66. The third-order valence-corrected chi connectivity index (χ3v) is 4.91. The molecular weight excluding hydrogens is 337 g/mol. The van der Waals surface area contributed by atoms with Crippen LogP contribution in [0.15, 0.2) is 12.1 Å². The van der Waals surface area contributed by atoms with Gasteiger partial charge in [-0.2, -0.15) is 13.2 Å². The number of ether oxygens (including phenoxy) is 1. The molecule has 0 atom stereocenters. The Morgan fingerprint density at radius 1 is 1.30 bits per heavy atom. The first kappa shape index (κ1) is 17.5. The van der Waals surface area contributed by atoms with Gasteiger partial charge in [-0.1, -0.05) is 0 Å². The third kappa shape index (κ3) is 4.12. The van der Waals surface area contributed by atoms with E-state index >= 15 is 0 Å². The van der Waals surface area contributed by atoms with Crippen molar-refractivity contribution in [1.29, 1.82) is 0 Å². The van der Waals surface area contributed by atoms with Gasteiger partial charge in [0, 0.05) is 13.1 Å². The number of anilines is 1. The maximum absolute atomic E-state index is 12.8. The lowest BCUT2D eigenvalue weighted by Gasteiger charge is -2.29. The van der Waals surface area contributed by atoms with E-state index in [1.54, 1.807) is 6.92 Å². The highest BCUT2D eigenvalue weighted by Gasteiger charge is 2.35. The first-order chi connectivity index (χ1) is 10.6. The van der Waals surface area contributed by atoms with Crippen LogP contribution in [0, 0.1) is 0 Å². The fourth-order valence-electron chi connectivity index (χ4n) is 2.14. The van der Waals surface area contributed by atoms with Crippen molar-refractivity contribution in [3.63, 3.8) is 0 Å². The lowest BCUT2D eigenvalue weighted by Crippen LogP contribution is -2.41. The lowest BCUT2D eigenvalue weighted by atomic mass is 10.2. The van der Waals surface area contributed by atoms with Crippen LogP contribution in [0.4, 0.5) is 19.0 Å². The van der Waals surface area contributed by atoms with E-state index in [-0.39, 0.29) is 42.6 Å². The number of carbonyl (C=O) groups is 1. The lowest BCUT2D eigenvalue weighted by molar-refractivity contribution is -0.141. The Kier molecular flexibility index (Phi) is 4.83. The van der Waals surface area contributed by atoms with E-state index in [0.717, 1.165) is 6.07 Å². The van der Waals surface area contributed by atoms with Crippen LogP contribution in [0.5, 0.6) is 0 Å². The summed E-state index contributed by atoms with van der Waals surface area (Å²) < 4.78 is 66.3. The van der Waals surface area contributed by atoms with Crippen molar-refractivity contribution in [2.45, 2.75) is 13.1 Å². The van der Waals surface area contributed by atoms with E-state index in [2.05, 4.69) is 4.98 Å². The Labute approximate surface area is 131 Å². The maximum Gasteiger partial charge on any atom is 0.433 e. The zero-order valence-corrected chi connectivity index (χ0v) is 13.1. The first-order valence-corrected chi connectivity index (χ1v) is 8.67. The van der Waals surface area contributed by atoms with Crippen molar-refractivity contribution in [3.05, 3.63) is 23.4 Å². The van der Waals surface area contributed by atoms with Crippen LogP contribution in [0.2, 0.25) is 0 Å². The molecule has 1 aromatic rings. The number of hydrogen-bond donors (Lipinski definition) is 0. The van der Waals surface area contributed by atoms with E-state index in [4.69, 9.17) is 4.74 Å². The molecule has 0 aromatic carbocycles. The number of esters is 1. The molecule has 0 bridgehead atoms. The molecule has 0 amide bonds. The summed E-state index contributed by atoms with van der Waals surface area (Å²) in [5.41, 5.74) is -1.26. The Hall–Kier alpha value is -1.84. The fourth-order valence-corrected chi connectivity index (χ4v) is 3.34. The van der Waals surface area contributed by atoms with Crippen LogP contribution in [0.1, 0.15) is 23.0 Å². The molecule has 0 aliphatic carbocycles. The summed E-state index contributed by atoms with van der Waals surface area (Å²) in [5.74, 6) is -1.40. The van der Waals surface area contributed by atoms with E-state index < -0.39 is 27.7 Å². The zero-order chi connectivity index (χ0) is 17.3. The number of carbonyl (C=O) groups excluding carboxylic acids is 1. The van der Waals surface area contributed by atoms with Crippen molar-refractivity contribution in [2.75, 3.05) is 36.1 Å². The number of aromatic nitrogens is 1. The molecule has 10 heteroatoms. The van der Waals surface area contributed by atoms with Crippen LogP contribution < -0.4 is 4.90 Å². The molecule has 1 aliphatic heterocycles. The monoisotopic (exact) mass is 352 g/mol. The zero-order valence-electron chi connectivity index (χ0n) is 12.3. The molecule has 0 N–H and O–H groups in total. The summed E-state index contributed by atoms with van der Waals surface area (Å²) in [5, 5.41) is 0. The number of rotatable bonds is 3. The molecular formula is C13H15F3N2O4S. The molecule has 1 fully saturated rings. The van der Waals surface area contributed by atoms with Gasteiger partial charge in [0.25, 0.3) is 0 Å². The second-order valence-electron chi connectivity index (χ2n) is 4.92. The number of hydrogen-bond acceptors (Lipinski definition) is 6. The molecule has 2 heterocycles. The Balaban J connectivity index is 2.42. The van der Waals surface area contributed by atoms with Gasteiger partial charge >= 0.3 is 12.1 Å². The largest absolute Gasteiger partial charge is 0.462 e. The van der Waals surface area contributed by atoms with Gasteiger partial charge in [-0.15, -0.1) is 0 Å². The molecule has 1 saturated heterocycles. The molecule has 0 radical (unpaired) electrons. The van der Waals surface area contributed by atoms with Gasteiger partial charge in [0.05, 0.1) is 18.1 Å². The van der Waals surface area contributed by atoms with Gasteiger partial charge in [-0.3, -0.25) is 0 Å². The van der Waals surface area contributed by atoms with Crippen molar-refractivity contribution >= 4 is 21.6 Å². The summed E-state index contributed by atoms with van der Waals surface area (Å²) in [6.45, 7) is 1.59. The van der Waals surface area contributed by atoms with Gasteiger partial charge in [0.15, 0.2) is 9.84 Å². The normalized spacial score (nSPS) is 17.8. The van der Waals surface area contributed by atoms with E-state index in [1.807, 2.05) is 0 Å². The van der Waals surface area contributed by atoms with E-state index in [1.165, 1.54) is 4.90 Å². The van der Waals surface area contributed by atoms with Gasteiger partial charge in [-0.25, -0.2) is 18.2 Å². The minimum atomic E-state index is -4.66. The van der Waals surface area contributed by atoms with Crippen molar-refractivity contribution in [1.82, 2.24) is 4.98 Å². The standard InChI is InChI=1S/C13H15F3N2O4S/c1-2-22-12(19)9-3-4-10(13(14,15)16)17-11(9)18-5-7-23(20,21)8-6-18/h3-4H,2,5-8H2,1H3. The molecule has 23 heavy (non-hydrogen) atoms. The first-order valence-electron chi connectivity index (χ1n) is 6.85. The van der Waals surface area contributed by atoms with E-state index in [0.29, 0.717) is 6.07 Å². The highest BCUT2D eigenvalue weighted by molar-refractivity contribution is 7.91. The molecule has 6 nitrogen and oxygen atoms in total. The summed E-state index contributed by atoms with van der Waals surface area (Å²) in [7, 11) is -3.21. The average Bonchev–Trinajstić information content (AvgIpc) is 2.46. The van der Waals surface area contributed by atoms with Gasteiger partial charge in [-0.05, 0) is 19.1 Å². The molecule has 2 rings (SSSR count). The minimum Gasteiger partial charge on any atom is -0.462 e. The van der Waals surface area contributed by atoms with Gasteiger partial charge < -0.3 is 9.64 Å². The van der Waals surface area contributed by atoms with Gasteiger partial charge in [0.1, 0.15) is 17.1 Å². The van der Waals surface area contributed by atoms with Gasteiger partial charge in [0.2, 0.25) is 0 Å². The number of sulfone groups is 1. The predicted molar refractivity (Wildman–Crippen MR) is 76.1 cm³/mol. The Morgan fingerprint density at radius 3 is 2.43 bits per heavy atom. The fraction of sp³-hybridized carbons (Fsp3) is 0.538. The molecule has 0 spiro atoms. The van der Waals surface area contributed by atoms with E-state index in [9.17, 15) is 26.4 Å². The smallest absolute Gasteiger partial charge is 0.433 e. The van der Waals surface area contributed by atoms with Crippen LogP contribution in [-0.4, -0.2) is 50.6 Å². The van der Waals surface area contributed by atoms with Crippen LogP contribution in [0.25, 0.3) is 0 Å². The van der Waals surface area contributed by atoms with Crippen LogP contribution in [0.3, 0.4) is 0 Å². The van der Waals surface area contributed by atoms with Crippen molar-refractivity contribution in [2.24, 2.45) is 0 Å². The Bertz CT molecular complexity index is 690. The summed E-state index contributed by atoms with van der Waals surface area (Å²) >= 11 is 0. The van der Waals surface area contributed by atoms with Crippen molar-refractivity contribution < 1.29 is 31.1 Å². The predicted octanol–water partition coefficient (Wildman–Crippen LogP) is 1.51. The topological polar surface area (TPSA) is 76.6 Å². The molecule has 0 saturated carbocycles. The number of halogens is 3.